The van der Waals surface area contributed by atoms with Crippen molar-refractivity contribution in [3.63, 3.8) is 0 Å². The summed E-state index contributed by atoms with van der Waals surface area (Å²) in [4.78, 5) is 21.5. The minimum absolute atomic E-state index is 0.0341. The number of allylic oxidation sites excluding steroid dienone is 1. The van der Waals surface area contributed by atoms with Gasteiger partial charge in [-0.2, -0.15) is 4.89 Å². The van der Waals surface area contributed by atoms with Gasteiger partial charge in [0.15, 0.2) is 0 Å². The third kappa shape index (κ3) is 10.4. The van der Waals surface area contributed by atoms with Gasteiger partial charge in [0.25, 0.3) is 0 Å². The van der Waals surface area contributed by atoms with Crippen molar-refractivity contribution in [2.45, 2.75) is 67.2 Å². The number of hydrogen-bond acceptors (Lipinski definition) is 4. The Hall–Kier alpha value is -1.03. The molecule has 0 heterocycles. The summed E-state index contributed by atoms with van der Waals surface area (Å²) in [6, 6.07) is 0. The second kappa shape index (κ2) is 9.08. The van der Waals surface area contributed by atoms with Gasteiger partial charge in [-0.1, -0.05) is 34.3 Å². The molecule has 0 aliphatic carbocycles. The number of hydrogen-bond donors (Lipinski definition) is 0. The van der Waals surface area contributed by atoms with E-state index in [0.29, 0.717) is 25.4 Å². The first-order valence-corrected chi connectivity index (χ1v) is 7.75. The highest BCUT2D eigenvalue weighted by atomic mass is 17.2. The van der Waals surface area contributed by atoms with E-state index in [2.05, 4.69) is 34.3 Å². The summed E-state index contributed by atoms with van der Waals surface area (Å²) in [6.07, 6.45) is 2.98. The molecular formula is C17H32O4. The Kier molecular flexibility index (Phi) is 8.64. The standard InChI is InChI=1S/C17H32O4/c1-8-19-15(18)10-11-16(4,5)13-17(6,7)12-14(3)21-20-9-2/h3,8-13H2,1-2,4-7H3. The van der Waals surface area contributed by atoms with E-state index in [9.17, 15) is 4.79 Å². The Bertz CT molecular complexity index is 332. The molecule has 0 aliphatic heterocycles. The molecule has 4 heteroatoms. The van der Waals surface area contributed by atoms with E-state index in [1.165, 1.54) is 0 Å². The molecule has 0 bridgehead atoms. The summed E-state index contributed by atoms with van der Waals surface area (Å²) in [5.74, 6) is 0.524. The quantitative estimate of drug-likeness (QED) is 0.241. The third-order valence-electron chi connectivity index (χ3n) is 3.24. The minimum Gasteiger partial charge on any atom is -0.466 e. The molecule has 0 radical (unpaired) electrons. The van der Waals surface area contributed by atoms with Crippen LogP contribution in [0.4, 0.5) is 0 Å². The Balaban J connectivity index is 4.33. The summed E-state index contributed by atoms with van der Waals surface area (Å²) in [6.45, 7) is 17.3. The Morgan fingerprint density at radius 3 is 2.19 bits per heavy atom. The van der Waals surface area contributed by atoms with Crippen molar-refractivity contribution in [1.82, 2.24) is 0 Å². The lowest BCUT2D eigenvalue weighted by Gasteiger charge is -2.35. The van der Waals surface area contributed by atoms with Gasteiger partial charge in [0, 0.05) is 12.8 Å². The normalized spacial score (nSPS) is 12.1. The largest absolute Gasteiger partial charge is 0.466 e. The first-order chi connectivity index (χ1) is 9.62. The van der Waals surface area contributed by atoms with Crippen LogP contribution >= 0.6 is 0 Å². The number of esters is 1. The molecule has 0 rings (SSSR count). The maximum absolute atomic E-state index is 11.5. The van der Waals surface area contributed by atoms with Crippen molar-refractivity contribution in [1.29, 1.82) is 0 Å². The zero-order chi connectivity index (χ0) is 16.5. The Morgan fingerprint density at radius 2 is 1.67 bits per heavy atom. The lowest BCUT2D eigenvalue weighted by atomic mass is 9.71. The number of carbonyl (C=O) groups excluding carboxylic acids is 1. The van der Waals surface area contributed by atoms with E-state index in [0.717, 1.165) is 19.3 Å². The summed E-state index contributed by atoms with van der Waals surface area (Å²) >= 11 is 0. The molecule has 21 heavy (non-hydrogen) atoms. The average molecular weight is 300 g/mol. The fourth-order valence-corrected chi connectivity index (χ4v) is 2.83. The van der Waals surface area contributed by atoms with Crippen molar-refractivity contribution in [2.24, 2.45) is 10.8 Å². The molecule has 0 spiro atoms. The van der Waals surface area contributed by atoms with Crippen molar-refractivity contribution < 1.29 is 19.3 Å². The zero-order valence-corrected chi connectivity index (χ0v) is 14.6. The summed E-state index contributed by atoms with van der Waals surface area (Å²) in [5, 5.41) is 0. The summed E-state index contributed by atoms with van der Waals surface area (Å²) in [7, 11) is 0. The van der Waals surface area contributed by atoms with Gasteiger partial charge in [0.05, 0.1) is 13.2 Å². The first kappa shape index (κ1) is 20.0. The van der Waals surface area contributed by atoms with Crippen molar-refractivity contribution >= 4 is 5.97 Å². The highest BCUT2D eigenvalue weighted by Crippen LogP contribution is 2.40. The molecule has 0 saturated carbocycles. The van der Waals surface area contributed by atoms with Gasteiger partial charge in [0.2, 0.25) is 0 Å². The molecule has 0 saturated heterocycles. The van der Waals surface area contributed by atoms with Crippen LogP contribution in [0.5, 0.6) is 0 Å². The molecular weight excluding hydrogens is 268 g/mol. The van der Waals surface area contributed by atoms with E-state index >= 15 is 0 Å². The fraction of sp³-hybridized carbons (Fsp3) is 0.824. The zero-order valence-electron chi connectivity index (χ0n) is 14.6. The second-order valence-electron chi connectivity index (χ2n) is 7.02. The topological polar surface area (TPSA) is 44.8 Å². The number of ether oxygens (including phenoxy) is 1. The number of rotatable bonds is 11. The maximum atomic E-state index is 11.5. The van der Waals surface area contributed by atoms with E-state index in [-0.39, 0.29) is 16.8 Å². The molecule has 0 fully saturated rings. The van der Waals surface area contributed by atoms with Crippen LogP contribution in [0.1, 0.15) is 67.2 Å². The summed E-state index contributed by atoms with van der Waals surface area (Å²) in [5.41, 5.74) is 0.0918. The van der Waals surface area contributed by atoms with Crippen LogP contribution < -0.4 is 0 Å². The Labute approximate surface area is 129 Å². The molecule has 4 nitrogen and oxygen atoms in total. The van der Waals surface area contributed by atoms with Crippen LogP contribution in [0.3, 0.4) is 0 Å². The minimum atomic E-state index is -0.118. The van der Waals surface area contributed by atoms with E-state index in [1.54, 1.807) is 0 Å². The summed E-state index contributed by atoms with van der Waals surface area (Å²) < 4.78 is 4.99. The predicted molar refractivity (Wildman–Crippen MR) is 84.5 cm³/mol. The molecule has 0 aromatic heterocycles. The van der Waals surface area contributed by atoms with Gasteiger partial charge in [-0.05, 0) is 37.5 Å². The highest BCUT2D eigenvalue weighted by Gasteiger charge is 2.30. The van der Waals surface area contributed by atoms with Crippen LogP contribution in [-0.4, -0.2) is 19.2 Å². The van der Waals surface area contributed by atoms with Crippen molar-refractivity contribution in [3.05, 3.63) is 12.3 Å². The average Bonchev–Trinajstić information content (AvgIpc) is 2.32. The van der Waals surface area contributed by atoms with Crippen LogP contribution in [0.15, 0.2) is 12.3 Å². The van der Waals surface area contributed by atoms with Crippen LogP contribution in [0.25, 0.3) is 0 Å². The molecule has 0 atom stereocenters. The molecule has 0 aliphatic rings. The second-order valence-corrected chi connectivity index (χ2v) is 7.02. The number of carbonyl (C=O) groups is 1. The van der Waals surface area contributed by atoms with E-state index in [4.69, 9.17) is 14.5 Å². The molecule has 0 aromatic carbocycles. The van der Waals surface area contributed by atoms with Gasteiger partial charge in [-0.25, -0.2) is 0 Å². The van der Waals surface area contributed by atoms with Gasteiger partial charge >= 0.3 is 5.97 Å². The Morgan fingerprint density at radius 1 is 1.05 bits per heavy atom. The van der Waals surface area contributed by atoms with Gasteiger partial charge < -0.3 is 9.62 Å². The van der Waals surface area contributed by atoms with E-state index < -0.39 is 0 Å². The molecule has 0 amide bonds. The van der Waals surface area contributed by atoms with Crippen molar-refractivity contribution in [2.75, 3.05) is 13.2 Å². The first-order valence-electron chi connectivity index (χ1n) is 7.75. The van der Waals surface area contributed by atoms with Gasteiger partial charge in [-0.15, -0.1) is 0 Å². The maximum Gasteiger partial charge on any atom is 0.305 e. The van der Waals surface area contributed by atoms with Gasteiger partial charge in [-0.3, -0.25) is 4.79 Å². The molecule has 0 N–H and O–H groups in total. The van der Waals surface area contributed by atoms with Crippen LogP contribution in [0.2, 0.25) is 0 Å². The molecule has 0 unspecified atom stereocenters. The fourth-order valence-electron chi connectivity index (χ4n) is 2.83. The SMILES string of the molecule is C=C(CC(C)(C)CC(C)(C)CCC(=O)OCC)OOCC. The predicted octanol–water partition coefficient (Wildman–Crippen LogP) is 4.64. The highest BCUT2D eigenvalue weighted by molar-refractivity contribution is 5.69. The lowest BCUT2D eigenvalue weighted by molar-refractivity contribution is -0.261. The lowest BCUT2D eigenvalue weighted by Crippen LogP contribution is -2.25. The van der Waals surface area contributed by atoms with Crippen molar-refractivity contribution in [3.8, 4) is 0 Å². The van der Waals surface area contributed by atoms with Crippen LogP contribution in [0, 0.1) is 10.8 Å². The van der Waals surface area contributed by atoms with Crippen LogP contribution in [-0.2, 0) is 19.3 Å². The molecule has 0 aromatic rings. The van der Waals surface area contributed by atoms with E-state index in [1.807, 2.05) is 13.8 Å². The van der Waals surface area contributed by atoms with Gasteiger partial charge in [0.1, 0.15) is 5.76 Å². The monoisotopic (exact) mass is 300 g/mol. The molecule has 124 valence electrons. The third-order valence-corrected chi connectivity index (χ3v) is 3.24. The smallest absolute Gasteiger partial charge is 0.305 e.